The minimum Gasteiger partial charge on any atom is -0.484 e. The van der Waals surface area contributed by atoms with Crippen LogP contribution in [0.3, 0.4) is 0 Å². The Bertz CT molecular complexity index is 1100. The molecule has 3 heterocycles. The van der Waals surface area contributed by atoms with Crippen LogP contribution in [0.1, 0.15) is 34.8 Å². The maximum atomic E-state index is 13.9. The predicted molar refractivity (Wildman–Crippen MR) is 99.4 cm³/mol. The van der Waals surface area contributed by atoms with Gasteiger partial charge >= 0.3 is 12.1 Å². The van der Waals surface area contributed by atoms with Crippen LogP contribution in [0, 0.1) is 5.82 Å². The Morgan fingerprint density at radius 1 is 1.27 bits per heavy atom. The Balaban J connectivity index is 1.71. The maximum absolute atomic E-state index is 13.9. The Kier molecular flexibility index (Phi) is 5.00. The SMILES string of the molecule is O=C(O)c1cnn2ccc(N3CCCC3c3cc(F)ccc3OCC(F)(F)F)cc12. The van der Waals surface area contributed by atoms with Crippen molar-refractivity contribution in [2.45, 2.75) is 25.1 Å². The fourth-order valence-corrected chi connectivity index (χ4v) is 3.78. The zero-order valence-corrected chi connectivity index (χ0v) is 15.6. The molecule has 30 heavy (non-hydrogen) atoms. The van der Waals surface area contributed by atoms with Gasteiger partial charge in [-0.3, -0.25) is 0 Å². The number of fused-ring (bicyclic) bond motifs is 1. The highest BCUT2D eigenvalue weighted by atomic mass is 19.4. The number of pyridine rings is 1. The van der Waals surface area contributed by atoms with E-state index in [1.807, 2.05) is 4.90 Å². The van der Waals surface area contributed by atoms with Crippen LogP contribution < -0.4 is 9.64 Å². The summed E-state index contributed by atoms with van der Waals surface area (Å²) in [6.45, 7) is -0.894. The van der Waals surface area contributed by atoms with Crippen LogP contribution >= 0.6 is 0 Å². The number of carbonyl (C=O) groups is 1. The summed E-state index contributed by atoms with van der Waals surface area (Å²) in [5.41, 5.74) is 1.41. The number of carboxylic acid groups (broad SMARTS) is 1. The van der Waals surface area contributed by atoms with Crippen molar-refractivity contribution in [3.63, 3.8) is 0 Å². The smallest absolute Gasteiger partial charge is 0.422 e. The van der Waals surface area contributed by atoms with Gasteiger partial charge in [0.05, 0.1) is 17.8 Å². The van der Waals surface area contributed by atoms with Crippen molar-refractivity contribution in [3.8, 4) is 5.75 Å². The van der Waals surface area contributed by atoms with E-state index in [1.165, 1.54) is 22.8 Å². The molecule has 0 amide bonds. The molecule has 0 radical (unpaired) electrons. The van der Waals surface area contributed by atoms with E-state index >= 15 is 0 Å². The number of rotatable bonds is 5. The molecule has 0 bridgehead atoms. The second-order valence-corrected chi connectivity index (χ2v) is 7.02. The Morgan fingerprint density at radius 3 is 2.80 bits per heavy atom. The molecule has 10 heteroatoms. The topological polar surface area (TPSA) is 67.1 Å². The monoisotopic (exact) mass is 423 g/mol. The van der Waals surface area contributed by atoms with E-state index in [2.05, 4.69) is 5.10 Å². The number of halogens is 4. The lowest BCUT2D eigenvalue weighted by molar-refractivity contribution is -0.153. The average Bonchev–Trinajstić information content (AvgIpc) is 3.32. The molecule has 1 aromatic carbocycles. The molecule has 1 aliphatic rings. The second-order valence-electron chi connectivity index (χ2n) is 7.02. The first kappa shape index (κ1) is 20.0. The van der Waals surface area contributed by atoms with Gasteiger partial charge in [-0.2, -0.15) is 18.3 Å². The van der Waals surface area contributed by atoms with E-state index in [9.17, 15) is 27.5 Å². The molecule has 0 aliphatic carbocycles. The van der Waals surface area contributed by atoms with Gasteiger partial charge in [0.15, 0.2) is 6.61 Å². The number of benzene rings is 1. The quantitative estimate of drug-likeness (QED) is 0.614. The zero-order chi connectivity index (χ0) is 21.5. The van der Waals surface area contributed by atoms with Gasteiger partial charge in [-0.15, -0.1) is 0 Å². The maximum Gasteiger partial charge on any atom is 0.422 e. The van der Waals surface area contributed by atoms with Gasteiger partial charge in [-0.25, -0.2) is 13.7 Å². The molecule has 1 fully saturated rings. The number of carboxylic acids is 1. The highest BCUT2D eigenvalue weighted by molar-refractivity contribution is 5.95. The summed E-state index contributed by atoms with van der Waals surface area (Å²) in [6.07, 6.45) is -0.336. The molecule has 1 aliphatic heterocycles. The fourth-order valence-electron chi connectivity index (χ4n) is 3.78. The summed E-state index contributed by atoms with van der Waals surface area (Å²) < 4.78 is 58.2. The number of aromatic carboxylic acids is 1. The van der Waals surface area contributed by atoms with Crippen LogP contribution in [-0.4, -0.2) is 40.0 Å². The van der Waals surface area contributed by atoms with Crippen LogP contribution in [0.5, 0.6) is 5.75 Å². The summed E-state index contributed by atoms with van der Waals surface area (Å²) in [4.78, 5) is 13.3. The average molecular weight is 423 g/mol. The molecule has 1 N–H and O–H groups in total. The van der Waals surface area contributed by atoms with Gasteiger partial charge in [0, 0.05) is 24.0 Å². The standard InChI is InChI=1S/C20H17F4N3O3/c21-12-3-4-18(30-11-20(22,23)24)14(8-12)16-2-1-6-26(16)13-5-7-27-17(9-13)15(10-25-27)19(28)29/h3-5,7-10,16H,1-2,6,11H2,(H,28,29). The Morgan fingerprint density at radius 2 is 2.07 bits per heavy atom. The summed E-state index contributed by atoms with van der Waals surface area (Å²) >= 11 is 0. The third kappa shape index (κ3) is 3.89. The Labute approximate surface area is 168 Å². The van der Waals surface area contributed by atoms with Crippen molar-refractivity contribution >= 4 is 17.2 Å². The van der Waals surface area contributed by atoms with Crippen molar-refractivity contribution < 1.29 is 32.2 Å². The van der Waals surface area contributed by atoms with Gasteiger partial charge in [0.2, 0.25) is 0 Å². The summed E-state index contributed by atoms with van der Waals surface area (Å²) in [6, 6.07) is 6.43. The highest BCUT2D eigenvalue weighted by Crippen LogP contribution is 2.41. The van der Waals surface area contributed by atoms with Crippen molar-refractivity contribution in [2.75, 3.05) is 18.1 Å². The first-order valence-corrected chi connectivity index (χ1v) is 9.19. The molecule has 6 nitrogen and oxygen atoms in total. The lowest BCUT2D eigenvalue weighted by atomic mass is 10.0. The predicted octanol–water partition coefficient (Wildman–Crippen LogP) is 4.45. The van der Waals surface area contributed by atoms with Crippen molar-refractivity contribution in [3.05, 3.63) is 59.7 Å². The zero-order valence-electron chi connectivity index (χ0n) is 15.6. The van der Waals surface area contributed by atoms with Gasteiger partial charge in [-0.05, 0) is 43.2 Å². The fraction of sp³-hybridized carbons (Fsp3) is 0.300. The number of anilines is 1. The Hall–Kier alpha value is -3.30. The second kappa shape index (κ2) is 7.51. The summed E-state index contributed by atoms with van der Waals surface area (Å²) in [5.74, 6) is -1.72. The van der Waals surface area contributed by atoms with Crippen molar-refractivity contribution in [1.29, 1.82) is 0 Å². The molecule has 1 saturated heterocycles. The number of hydrogen-bond acceptors (Lipinski definition) is 4. The van der Waals surface area contributed by atoms with Crippen LogP contribution in [-0.2, 0) is 0 Å². The van der Waals surface area contributed by atoms with E-state index in [1.54, 1.807) is 18.3 Å². The van der Waals surface area contributed by atoms with Gasteiger partial charge in [0.1, 0.15) is 17.1 Å². The lowest BCUT2D eigenvalue weighted by Gasteiger charge is -2.29. The highest BCUT2D eigenvalue weighted by Gasteiger charge is 2.32. The molecule has 0 saturated carbocycles. The van der Waals surface area contributed by atoms with Crippen LogP contribution in [0.25, 0.3) is 5.52 Å². The molecular weight excluding hydrogens is 406 g/mol. The van der Waals surface area contributed by atoms with E-state index in [0.717, 1.165) is 12.5 Å². The van der Waals surface area contributed by atoms with Crippen LogP contribution in [0.15, 0.2) is 42.7 Å². The molecule has 3 aromatic rings. The first-order valence-electron chi connectivity index (χ1n) is 9.19. The van der Waals surface area contributed by atoms with Gasteiger partial charge < -0.3 is 14.7 Å². The van der Waals surface area contributed by atoms with E-state index < -0.39 is 30.6 Å². The number of ether oxygens (including phenoxy) is 1. The third-order valence-corrected chi connectivity index (χ3v) is 5.04. The number of aromatic nitrogens is 2. The summed E-state index contributed by atoms with van der Waals surface area (Å²) in [7, 11) is 0. The first-order chi connectivity index (χ1) is 14.2. The molecule has 2 aromatic heterocycles. The van der Waals surface area contributed by atoms with E-state index in [0.29, 0.717) is 29.7 Å². The molecule has 158 valence electrons. The van der Waals surface area contributed by atoms with Crippen molar-refractivity contribution in [2.24, 2.45) is 0 Å². The molecular formula is C20H17F4N3O3. The van der Waals surface area contributed by atoms with Gasteiger partial charge in [0.25, 0.3) is 0 Å². The largest absolute Gasteiger partial charge is 0.484 e. The lowest BCUT2D eigenvalue weighted by Crippen LogP contribution is -2.24. The van der Waals surface area contributed by atoms with Crippen molar-refractivity contribution in [1.82, 2.24) is 9.61 Å². The summed E-state index contributed by atoms with van der Waals surface area (Å²) in [5, 5.41) is 13.3. The minimum atomic E-state index is -4.51. The molecule has 0 spiro atoms. The molecule has 4 rings (SSSR count). The minimum absolute atomic E-state index is 0.0257. The number of hydrogen-bond donors (Lipinski definition) is 1. The van der Waals surface area contributed by atoms with E-state index in [-0.39, 0.29) is 11.3 Å². The van der Waals surface area contributed by atoms with Crippen LogP contribution in [0.4, 0.5) is 23.2 Å². The number of nitrogens with zero attached hydrogens (tertiary/aromatic N) is 3. The molecule has 1 atom stereocenters. The van der Waals surface area contributed by atoms with Crippen LogP contribution in [0.2, 0.25) is 0 Å². The van der Waals surface area contributed by atoms with Gasteiger partial charge in [-0.1, -0.05) is 0 Å². The third-order valence-electron chi connectivity index (χ3n) is 5.04. The molecule has 1 unspecified atom stereocenters. The van der Waals surface area contributed by atoms with E-state index in [4.69, 9.17) is 4.74 Å². The normalized spacial score (nSPS) is 16.9. The number of alkyl halides is 3.